The minimum atomic E-state index is 0.173. The maximum absolute atomic E-state index is 12.0. The van der Waals surface area contributed by atoms with Crippen LogP contribution in [0, 0.1) is 22.7 Å². The van der Waals surface area contributed by atoms with Gasteiger partial charge in [-0.05, 0) is 42.1 Å². The molecular weight excluding hydrogens is 248 g/mol. The molecule has 120 valence electrons. The molecule has 3 nitrogen and oxygen atoms in total. The molecule has 3 heteroatoms. The van der Waals surface area contributed by atoms with Gasteiger partial charge in [-0.25, -0.2) is 0 Å². The van der Waals surface area contributed by atoms with Gasteiger partial charge in [0.2, 0.25) is 5.91 Å². The maximum Gasteiger partial charge on any atom is 0.220 e. The van der Waals surface area contributed by atoms with E-state index in [1.54, 1.807) is 0 Å². The fraction of sp³-hybridized carbons (Fsp3) is 0.941. The summed E-state index contributed by atoms with van der Waals surface area (Å²) in [6, 6.07) is 0. The second-order valence-electron chi connectivity index (χ2n) is 8.25. The van der Waals surface area contributed by atoms with Gasteiger partial charge in [-0.2, -0.15) is 0 Å². The average Bonchev–Trinajstić information content (AvgIpc) is 2.28. The van der Waals surface area contributed by atoms with Crippen LogP contribution in [0.1, 0.15) is 67.7 Å². The Morgan fingerprint density at radius 3 is 2.00 bits per heavy atom. The largest absolute Gasteiger partial charge is 0.356 e. The third kappa shape index (κ3) is 7.88. The van der Waals surface area contributed by atoms with Crippen molar-refractivity contribution in [3.8, 4) is 0 Å². The number of rotatable bonds is 7. The standard InChI is InChI=1S/C17H36N2O/c1-13(16(2,3)4)12-19-15(20)9-8-14(10-11-18)17(5,6)7/h13-14H,8-12,18H2,1-7H3,(H,19,20). The second-order valence-corrected chi connectivity index (χ2v) is 8.25. The first-order valence-corrected chi connectivity index (χ1v) is 7.95. The topological polar surface area (TPSA) is 55.1 Å². The molecule has 0 aromatic rings. The van der Waals surface area contributed by atoms with Crippen LogP contribution in [-0.2, 0) is 4.79 Å². The number of nitrogens with one attached hydrogen (secondary N) is 1. The van der Waals surface area contributed by atoms with Crippen molar-refractivity contribution in [2.45, 2.75) is 67.7 Å². The number of carbonyl (C=O) groups excluding carboxylic acids is 1. The van der Waals surface area contributed by atoms with Crippen LogP contribution in [0.15, 0.2) is 0 Å². The summed E-state index contributed by atoms with van der Waals surface area (Å²) in [6.07, 6.45) is 2.53. The van der Waals surface area contributed by atoms with Gasteiger partial charge in [-0.3, -0.25) is 4.79 Å². The van der Waals surface area contributed by atoms with Gasteiger partial charge in [-0.1, -0.05) is 48.5 Å². The predicted octanol–water partition coefficient (Wildman–Crippen LogP) is 3.58. The highest BCUT2D eigenvalue weighted by molar-refractivity contribution is 5.75. The Bertz CT molecular complexity index is 286. The van der Waals surface area contributed by atoms with Gasteiger partial charge < -0.3 is 11.1 Å². The molecular formula is C17H36N2O. The fourth-order valence-electron chi connectivity index (χ4n) is 2.18. The Labute approximate surface area is 126 Å². The lowest BCUT2D eigenvalue weighted by atomic mass is 9.76. The zero-order chi connectivity index (χ0) is 16.0. The van der Waals surface area contributed by atoms with Crippen molar-refractivity contribution in [2.75, 3.05) is 13.1 Å². The van der Waals surface area contributed by atoms with Crippen molar-refractivity contribution >= 4 is 5.91 Å². The predicted molar refractivity (Wildman–Crippen MR) is 87.5 cm³/mol. The summed E-state index contributed by atoms with van der Waals surface area (Å²) in [5.74, 6) is 1.17. The Morgan fingerprint density at radius 1 is 1.05 bits per heavy atom. The van der Waals surface area contributed by atoms with E-state index in [1.165, 1.54) is 0 Å². The zero-order valence-electron chi connectivity index (χ0n) is 14.7. The highest BCUT2D eigenvalue weighted by atomic mass is 16.1. The average molecular weight is 284 g/mol. The monoisotopic (exact) mass is 284 g/mol. The molecule has 0 bridgehead atoms. The van der Waals surface area contributed by atoms with Crippen LogP contribution < -0.4 is 11.1 Å². The smallest absolute Gasteiger partial charge is 0.220 e. The van der Waals surface area contributed by atoms with Crippen LogP contribution in [0.25, 0.3) is 0 Å². The van der Waals surface area contributed by atoms with Crippen LogP contribution in [-0.4, -0.2) is 19.0 Å². The zero-order valence-corrected chi connectivity index (χ0v) is 14.7. The number of nitrogens with two attached hydrogens (primary N) is 1. The van der Waals surface area contributed by atoms with Crippen molar-refractivity contribution in [3.05, 3.63) is 0 Å². The van der Waals surface area contributed by atoms with E-state index in [4.69, 9.17) is 5.73 Å². The molecule has 20 heavy (non-hydrogen) atoms. The Kier molecular flexibility index (Phi) is 7.79. The molecule has 0 heterocycles. The molecule has 0 fully saturated rings. The minimum absolute atomic E-state index is 0.173. The summed E-state index contributed by atoms with van der Waals surface area (Å²) >= 11 is 0. The number of hydrogen-bond acceptors (Lipinski definition) is 2. The highest BCUT2D eigenvalue weighted by Gasteiger charge is 2.25. The van der Waals surface area contributed by atoms with Crippen molar-refractivity contribution in [1.82, 2.24) is 5.32 Å². The van der Waals surface area contributed by atoms with Crippen LogP contribution in [0.5, 0.6) is 0 Å². The van der Waals surface area contributed by atoms with E-state index in [2.05, 4.69) is 53.8 Å². The van der Waals surface area contributed by atoms with Crippen LogP contribution in [0.4, 0.5) is 0 Å². The van der Waals surface area contributed by atoms with Gasteiger partial charge in [0.25, 0.3) is 0 Å². The van der Waals surface area contributed by atoms with E-state index >= 15 is 0 Å². The van der Waals surface area contributed by atoms with Crippen molar-refractivity contribution in [3.63, 3.8) is 0 Å². The van der Waals surface area contributed by atoms with E-state index in [0.717, 1.165) is 19.4 Å². The molecule has 0 saturated heterocycles. The Balaban J connectivity index is 4.15. The molecule has 0 aliphatic heterocycles. The van der Waals surface area contributed by atoms with Crippen LogP contribution >= 0.6 is 0 Å². The molecule has 0 aromatic heterocycles. The molecule has 0 spiro atoms. The van der Waals surface area contributed by atoms with Crippen LogP contribution in [0.2, 0.25) is 0 Å². The first-order valence-electron chi connectivity index (χ1n) is 7.95. The van der Waals surface area contributed by atoms with Gasteiger partial charge in [-0.15, -0.1) is 0 Å². The molecule has 0 saturated carbocycles. The summed E-state index contributed by atoms with van der Waals surface area (Å²) < 4.78 is 0. The van der Waals surface area contributed by atoms with E-state index < -0.39 is 0 Å². The molecule has 0 aliphatic rings. The number of hydrogen-bond donors (Lipinski definition) is 2. The third-order valence-electron chi connectivity index (χ3n) is 4.54. The van der Waals surface area contributed by atoms with Crippen molar-refractivity contribution in [1.29, 1.82) is 0 Å². The number of amides is 1. The molecule has 2 unspecified atom stereocenters. The summed E-state index contributed by atoms with van der Waals surface area (Å²) in [5, 5.41) is 3.07. The Hall–Kier alpha value is -0.570. The van der Waals surface area contributed by atoms with Gasteiger partial charge in [0.1, 0.15) is 0 Å². The summed E-state index contributed by atoms with van der Waals surface area (Å²) in [7, 11) is 0. The molecule has 0 radical (unpaired) electrons. The summed E-state index contributed by atoms with van der Waals surface area (Å²) in [4.78, 5) is 12.0. The van der Waals surface area contributed by atoms with Crippen molar-refractivity contribution in [2.24, 2.45) is 28.4 Å². The van der Waals surface area contributed by atoms with Gasteiger partial charge in [0, 0.05) is 13.0 Å². The second kappa shape index (κ2) is 8.02. The minimum Gasteiger partial charge on any atom is -0.356 e. The van der Waals surface area contributed by atoms with Gasteiger partial charge in [0.15, 0.2) is 0 Å². The maximum atomic E-state index is 12.0. The third-order valence-corrected chi connectivity index (χ3v) is 4.54. The molecule has 0 aliphatic carbocycles. The molecule has 1 amide bonds. The van der Waals surface area contributed by atoms with Crippen molar-refractivity contribution < 1.29 is 4.79 Å². The highest BCUT2D eigenvalue weighted by Crippen LogP contribution is 2.32. The number of carbonyl (C=O) groups is 1. The van der Waals surface area contributed by atoms with Crippen LogP contribution in [0.3, 0.4) is 0 Å². The Morgan fingerprint density at radius 2 is 1.60 bits per heavy atom. The molecule has 3 N–H and O–H groups in total. The van der Waals surface area contributed by atoms with E-state index in [1.807, 2.05) is 0 Å². The quantitative estimate of drug-likeness (QED) is 0.751. The summed E-state index contributed by atoms with van der Waals surface area (Å²) in [5.41, 5.74) is 6.14. The van der Waals surface area contributed by atoms with E-state index in [-0.39, 0.29) is 16.7 Å². The molecule has 0 rings (SSSR count). The molecule has 2 atom stereocenters. The van der Waals surface area contributed by atoms with E-state index in [0.29, 0.717) is 24.8 Å². The SMILES string of the molecule is CC(CNC(=O)CCC(CCN)C(C)(C)C)C(C)(C)C. The lowest BCUT2D eigenvalue weighted by molar-refractivity contribution is -0.121. The van der Waals surface area contributed by atoms with Gasteiger partial charge in [0.05, 0.1) is 0 Å². The molecule has 0 aromatic carbocycles. The lowest BCUT2D eigenvalue weighted by Gasteiger charge is -2.31. The first-order chi connectivity index (χ1) is 8.98. The van der Waals surface area contributed by atoms with E-state index in [9.17, 15) is 4.79 Å². The fourth-order valence-corrected chi connectivity index (χ4v) is 2.18. The normalized spacial score (nSPS) is 15.8. The van der Waals surface area contributed by atoms with Gasteiger partial charge >= 0.3 is 0 Å². The lowest BCUT2D eigenvalue weighted by Crippen LogP contribution is -2.34. The summed E-state index contributed by atoms with van der Waals surface area (Å²) in [6.45, 7) is 17.0. The first kappa shape index (κ1) is 19.4.